The molecule has 0 radical (unpaired) electrons. The van der Waals surface area contributed by atoms with Crippen molar-refractivity contribution in [1.29, 1.82) is 0 Å². The fourth-order valence-electron chi connectivity index (χ4n) is 7.63. The summed E-state index contributed by atoms with van der Waals surface area (Å²) in [6.07, 6.45) is 0. The van der Waals surface area contributed by atoms with E-state index in [1.165, 1.54) is 20.5 Å². The zero-order valence-electron chi connectivity index (χ0n) is 29.9. The summed E-state index contributed by atoms with van der Waals surface area (Å²) in [5.41, 5.74) is 11.5. The molecule has 262 valence electrons. The van der Waals surface area contributed by atoms with Crippen molar-refractivity contribution in [3.63, 3.8) is 0 Å². The second-order valence-corrected chi connectivity index (χ2v) is 15.9. The molecule has 0 bridgehead atoms. The third-order valence-corrected chi connectivity index (χ3v) is 12.6. The molecule has 0 fully saturated rings. The van der Waals surface area contributed by atoms with Crippen molar-refractivity contribution in [3.05, 3.63) is 182 Å². The fraction of sp³-hybridized carbons (Fsp3) is 0. The fourth-order valence-corrected chi connectivity index (χ4v) is 9.85. The van der Waals surface area contributed by atoms with E-state index in [2.05, 4.69) is 176 Å². The van der Waals surface area contributed by atoms with Gasteiger partial charge in [0.15, 0.2) is 11.6 Å². The van der Waals surface area contributed by atoms with Crippen LogP contribution in [0.3, 0.4) is 0 Å². The topological polar surface area (TPSA) is 51.6 Å². The Morgan fingerprint density at radius 1 is 0.321 bits per heavy atom. The van der Waals surface area contributed by atoms with Crippen molar-refractivity contribution in [1.82, 2.24) is 19.9 Å². The van der Waals surface area contributed by atoms with Crippen LogP contribution in [0.15, 0.2) is 182 Å². The molecule has 56 heavy (non-hydrogen) atoms. The molecular weight excluding hydrogens is 721 g/mol. The highest BCUT2D eigenvalue weighted by Gasteiger charge is 2.20. The molecule has 0 aliphatic heterocycles. The first kappa shape index (κ1) is 32.6. The Labute approximate surface area is 331 Å². The van der Waals surface area contributed by atoms with E-state index >= 15 is 0 Å². The molecule has 0 saturated carbocycles. The molecule has 0 unspecified atom stereocenters. The summed E-state index contributed by atoms with van der Waals surface area (Å²) >= 11 is 3.45. The zero-order valence-corrected chi connectivity index (χ0v) is 31.6. The van der Waals surface area contributed by atoms with Crippen LogP contribution in [0.5, 0.6) is 0 Å². The van der Waals surface area contributed by atoms with E-state index in [9.17, 15) is 0 Å². The molecule has 7 aromatic carbocycles. The van der Waals surface area contributed by atoms with E-state index in [1.807, 2.05) is 6.07 Å². The maximum absolute atomic E-state index is 5.40. The summed E-state index contributed by atoms with van der Waals surface area (Å²) in [4.78, 5) is 22.1. The number of benzene rings is 7. The lowest BCUT2D eigenvalue weighted by Gasteiger charge is -2.11. The molecule has 0 amide bonds. The maximum atomic E-state index is 5.40. The SMILES string of the molecule is c1ccc(-c2cccc(-c3cccc(-c4nc(-c5cccc(-c6nc(-c7ccccc7)c7sc8ccccc8c7n6)c5)nc5sc6ccccc6c45)c3)c2)cc1. The van der Waals surface area contributed by atoms with E-state index in [4.69, 9.17) is 19.9 Å². The van der Waals surface area contributed by atoms with Gasteiger partial charge in [-0.25, -0.2) is 19.9 Å². The van der Waals surface area contributed by atoms with Crippen molar-refractivity contribution in [2.75, 3.05) is 0 Å². The van der Waals surface area contributed by atoms with Crippen molar-refractivity contribution in [2.24, 2.45) is 0 Å². The lowest BCUT2D eigenvalue weighted by Crippen LogP contribution is -1.96. The van der Waals surface area contributed by atoms with Crippen LogP contribution in [0.4, 0.5) is 0 Å². The van der Waals surface area contributed by atoms with Crippen LogP contribution >= 0.6 is 22.7 Å². The number of hydrogen-bond acceptors (Lipinski definition) is 6. The molecule has 0 aliphatic rings. The molecule has 4 heterocycles. The Kier molecular flexibility index (Phi) is 7.83. The Balaban J connectivity index is 1.07. The molecule has 11 aromatic rings. The van der Waals surface area contributed by atoms with Crippen LogP contribution in [0.1, 0.15) is 0 Å². The Morgan fingerprint density at radius 2 is 0.804 bits per heavy atom. The number of aromatic nitrogens is 4. The van der Waals surface area contributed by atoms with Gasteiger partial charge in [0.2, 0.25) is 0 Å². The molecule has 0 saturated heterocycles. The second-order valence-electron chi connectivity index (χ2n) is 13.8. The predicted molar refractivity (Wildman–Crippen MR) is 236 cm³/mol. The van der Waals surface area contributed by atoms with E-state index in [1.54, 1.807) is 22.7 Å². The highest BCUT2D eigenvalue weighted by molar-refractivity contribution is 7.26. The molecule has 11 rings (SSSR count). The van der Waals surface area contributed by atoms with Gasteiger partial charge in [-0.2, -0.15) is 0 Å². The first-order valence-corrected chi connectivity index (χ1v) is 20.2. The molecule has 0 atom stereocenters. The molecule has 4 nitrogen and oxygen atoms in total. The normalized spacial score (nSPS) is 11.6. The molecule has 0 aliphatic carbocycles. The Hall–Kier alpha value is -6.86. The summed E-state index contributed by atoms with van der Waals surface area (Å²) in [6.45, 7) is 0. The van der Waals surface area contributed by atoms with Crippen LogP contribution in [-0.2, 0) is 0 Å². The minimum atomic E-state index is 0.669. The van der Waals surface area contributed by atoms with Gasteiger partial charge in [-0.15, -0.1) is 22.7 Å². The highest BCUT2D eigenvalue weighted by Crippen LogP contribution is 2.42. The van der Waals surface area contributed by atoms with Crippen LogP contribution in [0.25, 0.3) is 108 Å². The van der Waals surface area contributed by atoms with E-state index < -0.39 is 0 Å². The Bertz CT molecular complexity index is 3260. The second kappa shape index (κ2) is 13.5. The number of hydrogen-bond donors (Lipinski definition) is 0. The minimum absolute atomic E-state index is 0.669. The summed E-state index contributed by atoms with van der Waals surface area (Å²) in [6, 6.07) is 63.8. The summed E-state index contributed by atoms with van der Waals surface area (Å²) in [7, 11) is 0. The first-order valence-electron chi connectivity index (χ1n) is 18.5. The van der Waals surface area contributed by atoms with Gasteiger partial charge in [0.05, 0.1) is 21.6 Å². The molecule has 0 N–H and O–H groups in total. The van der Waals surface area contributed by atoms with Crippen LogP contribution < -0.4 is 0 Å². The first-order chi connectivity index (χ1) is 27.7. The number of fused-ring (bicyclic) bond motifs is 6. The van der Waals surface area contributed by atoms with Crippen molar-refractivity contribution in [3.8, 4) is 67.5 Å². The van der Waals surface area contributed by atoms with Crippen molar-refractivity contribution < 1.29 is 0 Å². The average molecular weight is 751 g/mol. The largest absolute Gasteiger partial charge is 0.227 e. The quantitative estimate of drug-likeness (QED) is 0.170. The van der Waals surface area contributed by atoms with E-state index in [-0.39, 0.29) is 0 Å². The number of nitrogens with zero attached hydrogens (tertiary/aromatic N) is 4. The van der Waals surface area contributed by atoms with Crippen molar-refractivity contribution >= 4 is 63.3 Å². The van der Waals surface area contributed by atoms with Crippen LogP contribution in [0, 0.1) is 0 Å². The van der Waals surface area contributed by atoms with E-state index in [0.717, 1.165) is 76.0 Å². The Morgan fingerprint density at radius 3 is 1.52 bits per heavy atom. The van der Waals surface area contributed by atoms with Gasteiger partial charge in [0, 0.05) is 47.8 Å². The van der Waals surface area contributed by atoms with Gasteiger partial charge >= 0.3 is 0 Å². The highest BCUT2D eigenvalue weighted by atomic mass is 32.1. The molecular formula is C50H30N4S2. The van der Waals surface area contributed by atoms with Gasteiger partial charge in [0.25, 0.3) is 0 Å². The summed E-state index contributed by atoms with van der Waals surface area (Å²) in [5, 5.41) is 3.38. The number of rotatable bonds is 6. The molecule has 4 aromatic heterocycles. The van der Waals surface area contributed by atoms with Gasteiger partial charge in [-0.05, 0) is 52.6 Å². The lowest BCUT2D eigenvalue weighted by molar-refractivity contribution is 1.22. The van der Waals surface area contributed by atoms with Crippen LogP contribution in [-0.4, -0.2) is 19.9 Å². The predicted octanol–water partition coefficient (Wildman–Crippen LogP) is 14.0. The van der Waals surface area contributed by atoms with Gasteiger partial charge in [-0.3, -0.25) is 0 Å². The summed E-state index contributed by atoms with van der Waals surface area (Å²) < 4.78 is 3.48. The third-order valence-electron chi connectivity index (χ3n) is 10.3. The lowest BCUT2D eigenvalue weighted by atomic mass is 9.96. The average Bonchev–Trinajstić information content (AvgIpc) is 3.85. The smallest absolute Gasteiger partial charge is 0.161 e. The van der Waals surface area contributed by atoms with Crippen LogP contribution in [0.2, 0.25) is 0 Å². The van der Waals surface area contributed by atoms with E-state index in [0.29, 0.717) is 11.6 Å². The minimum Gasteiger partial charge on any atom is -0.227 e. The maximum Gasteiger partial charge on any atom is 0.161 e. The monoisotopic (exact) mass is 750 g/mol. The number of thiophene rings is 2. The van der Waals surface area contributed by atoms with Gasteiger partial charge in [-0.1, -0.05) is 152 Å². The van der Waals surface area contributed by atoms with Gasteiger partial charge < -0.3 is 0 Å². The zero-order chi connectivity index (χ0) is 37.0. The van der Waals surface area contributed by atoms with Crippen molar-refractivity contribution in [2.45, 2.75) is 0 Å². The standard InChI is InChI=1S/C50H30N4S2/c1-3-14-31(15-4-1)33-18-11-19-34(28-33)35-20-12-21-36(29-35)44-43-39-24-7-9-26-41(39)56-50(43)54-49(51-44)38-23-13-22-37(30-38)48-52-45(32-16-5-2-6-17-32)47-46(53-48)40-25-8-10-27-42(40)55-47/h1-30H. The third kappa shape index (κ3) is 5.66. The molecule has 6 heteroatoms. The molecule has 0 spiro atoms. The van der Waals surface area contributed by atoms with Gasteiger partial charge in [0.1, 0.15) is 4.83 Å². The summed E-state index contributed by atoms with van der Waals surface area (Å²) in [5.74, 6) is 1.35.